The number of aromatic nitrogens is 2. The van der Waals surface area contributed by atoms with E-state index in [1.165, 1.54) is 25.2 Å². The summed E-state index contributed by atoms with van der Waals surface area (Å²) >= 11 is 0. The van der Waals surface area contributed by atoms with Gasteiger partial charge in [0.05, 0.1) is 0 Å². The third-order valence-electron chi connectivity index (χ3n) is 4.38. The molecule has 1 aromatic heterocycles. The second-order valence-corrected chi connectivity index (χ2v) is 6.50. The summed E-state index contributed by atoms with van der Waals surface area (Å²) in [5.41, 5.74) is 0. The van der Waals surface area contributed by atoms with Crippen molar-refractivity contribution < 1.29 is 0 Å². The lowest BCUT2D eigenvalue weighted by Crippen LogP contribution is -2.56. The molecule has 4 nitrogen and oxygen atoms in total. The molecule has 2 unspecified atom stereocenters. The van der Waals surface area contributed by atoms with E-state index >= 15 is 0 Å². The fraction of sp³-hybridized carbons (Fsp3) is 0.812. The lowest BCUT2D eigenvalue weighted by Gasteiger charge is -2.40. The van der Waals surface area contributed by atoms with Crippen LogP contribution in [-0.2, 0) is 13.5 Å². The number of hydrogen-bond donors (Lipinski definition) is 1. The van der Waals surface area contributed by atoms with Crippen molar-refractivity contribution >= 4 is 0 Å². The molecule has 20 heavy (non-hydrogen) atoms. The van der Waals surface area contributed by atoms with E-state index < -0.39 is 0 Å². The van der Waals surface area contributed by atoms with Gasteiger partial charge in [-0.25, -0.2) is 4.98 Å². The Labute approximate surface area is 123 Å². The van der Waals surface area contributed by atoms with Crippen molar-refractivity contribution in [2.45, 2.75) is 52.1 Å². The normalized spacial score (nSPS) is 24.4. The summed E-state index contributed by atoms with van der Waals surface area (Å²) in [6, 6.07) is 1.33. The SMILES string of the molecule is CCC1CNC(CC(C)C)CN1CCc1nccn1C. The summed E-state index contributed by atoms with van der Waals surface area (Å²) in [6.45, 7) is 10.4. The van der Waals surface area contributed by atoms with Crippen LogP contribution < -0.4 is 5.32 Å². The van der Waals surface area contributed by atoms with Crippen LogP contribution in [0.5, 0.6) is 0 Å². The van der Waals surface area contributed by atoms with E-state index in [9.17, 15) is 0 Å². The molecule has 1 fully saturated rings. The van der Waals surface area contributed by atoms with E-state index in [1.807, 2.05) is 12.4 Å². The van der Waals surface area contributed by atoms with Crippen molar-refractivity contribution in [3.8, 4) is 0 Å². The van der Waals surface area contributed by atoms with Crippen LogP contribution in [-0.4, -0.2) is 46.2 Å². The minimum absolute atomic E-state index is 0.652. The maximum atomic E-state index is 4.44. The highest BCUT2D eigenvalue weighted by Gasteiger charge is 2.26. The van der Waals surface area contributed by atoms with Gasteiger partial charge < -0.3 is 9.88 Å². The Bertz CT molecular complexity index is 399. The van der Waals surface area contributed by atoms with Gasteiger partial charge in [0.1, 0.15) is 5.82 Å². The van der Waals surface area contributed by atoms with Gasteiger partial charge in [0.25, 0.3) is 0 Å². The first kappa shape index (κ1) is 15.5. The largest absolute Gasteiger partial charge is 0.338 e. The highest BCUT2D eigenvalue weighted by atomic mass is 15.2. The zero-order chi connectivity index (χ0) is 14.5. The van der Waals surface area contributed by atoms with Crippen molar-refractivity contribution in [1.82, 2.24) is 19.8 Å². The zero-order valence-corrected chi connectivity index (χ0v) is 13.5. The van der Waals surface area contributed by atoms with Crippen LogP contribution >= 0.6 is 0 Å². The van der Waals surface area contributed by atoms with Gasteiger partial charge in [0.15, 0.2) is 0 Å². The van der Waals surface area contributed by atoms with E-state index in [0.29, 0.717) is 12.1 Å². The molecule has 0 radical (unpaired) electrons. The summed E-state index contributed by atoms with van der Waals surface area (Å²) in [4.78, 5) is 7.10. The Morgan fingerprint density at radius 3 is 2.85 bits per heavy atom. The quantitative estimate of drug-likeness (QED) is 0.864. The molecule has 0 amide bonds. The van der Waals surface area contributed by atoms with Gasteiger partial charge in [-0.05, 0) is 18.8 Å². The fourth-order valence-corrected chi connectivity index (χ4v) is 3.21. The van der Waals surface area contributed by atoms with E-state index in [2.05, 4.69) is 47.6 Å². The zero-order valence-electron chi connectivity index (χ0n) is 13.5. The fourth-order valence-electron chi connectivity index (χ4n) is 3.21. The van der Waals surface area contributed by atoms with Gasteiger partial charge in [-0.2, -0.15) is 0 Å². The van der Waals surface area contributed by atoms with Crippen molar-refractivity contribution in [1.29, 1.82) is 0 Å². The van der Waals surface area contributed by atoms with Gasteiger partial charge in [0, 0.05) is 57.6 Å². The number of nitrogens with one attached hydrogen (secondary N) is 1. The van der Waals surface area contributed by atoms with Gasteiger partial charge >= 0.3 is 0 Å². The number of piperazine rings is 1. The molecule has 4 heteroatoms. The Hall–Kier alpha value is -0.870. The van der Waals surface area contributed by atoms with Crippen LogP contribution in [0.15, 0.2) is 12.4 Å². The second-order valence-electron chi connectivity index (χ2n) is 6.50. The smallest absolute Gasteiger partial charge is 0.109 e. The van der Waals surface area contributed by atoms with Crippen LogP contribution in [0, 0.1) is 5.92 Å². The number of imidazole rings is 1. The highest BCUT2D eigenvalue weighted by Crippen LogP contribution is 2.15. The Balaban J connectivity index is 1.90. The van der Waals surface area contributed by atoms with E-state index in [4.69, 9.17) is 0 Å². The van der Waals surface area contributed by atoms with E-state index in [-0.39, 0.29) is 0 Å². The molecule has 2 rings (SSSR count). The van der Waals surface area contributed by atoms with E-state index in [1.54, 1.807) is 0 Å². The molecule has 0 aliphatic carbocycles. The predicted octanol–water partition coefficient (Wildman–Crippen LogP) is 2.06. The molecule has 0 aromatic carbocycles. The first-order chi connectivity index (χ1) is 9.60. The van der Waals surface area contributed by atoms with Gasteiger partial charge in [-0.15, -0.1) is 0 Å². The molecule has 0 saturated carbocycles. The number of hydrogen-bond acceptors (Lipinski definition) is 3. The molecule has 2 atom stereocenters. The van der Waals surface area contributed by atoms with Gasteiger partial charge in [-0.3, -0.25) is 4.90 Å². The Kier molecular flexibility index (Phi) is 5.61. The number of nitrogens with zero attached hydrogens (tertiary/aromatic N) is 3. The monoisotopic (exact) mass is 278 g/mol. The molecule has 2 heterocycles. The van der Waals surface area contributed by atoms with Crippen LogP contribution in [0.25, 0.3) is 0 Å². The lowest BCUT2D eigenvalue weighted by molar-refractivity contribution is 0.119. The van der Waals surface area contributed by atoms with Crippen molar-refractivity contribution in [2.24, 2.45) is 13.0 Å². The molecule has 0 bridgehead atoms. The molecule has 1 aliphatic rings. The van der Waals surface area contributed by atoms with Crippen molar-refractivity contribution in [3.63, 3.8) is 0 Å². The van der Waals surface area contributed by atoms with Crippen LogP contribution in [0.4, 0.5) is 0 Å². The third-order valence-corrected chi connectivity index (χ3v) is 4.38. The maximum absolute atomic E-state index is 4.44. The summed E-state index contributed by atoms with van der Waals surface area (Å²) in [7, 11) is 2.08. The minimum atomic E-state index is 0.652. The molecular weight excluding hydrogens is 248 g/mol. The van der Waals surface area contributed by atoms with Crippen LogP contribution in [0.1, 0.15) is 39.4 Å². The third kappa shape index (κ3) is 4.06. The standard InChI is InChI=1S/C16H30N4/c1-5-15-11-18-14(10-13(2)3)12-20(15)8-6-16-17-7-9-19(16)4/h7,9,13-15,18H,5-6,8,10-12H2,1-4H3. The first-order valence-corrected chi connectivity index (χ1v) is 8.03. The predicted molar refractivity (Wildman–Crippen MR) is 83.8 cm³/mol. The summed E-state index contributed by atoms with van der Waals surface area (Å²) in [5, 5.41) is 3.72. The van der Waals surface area contributed by atoms with Crippen LogP contribution in [0.2, 0.25) is 0 Å². The number of rotatable bonds is 6. The van der Waals surface area contributed by atoms with Gasteiger partial charge in [0.2, 0.25) is 0 Å². The van der Waals surface area contributed by atoms with Gasteiger partial charge in [-0.1, -0.05) is 20.8 Å². The first-order valence-electron chi connectivity index (χ1n) is 8.03. The average Bonchev–Trinajstić information content (AvgIpc) is 2.81. The molecular formula is C16H30N4. The van der Waals surface area contributed by atoms with Crippen molar-refractivity contribution in [3.05, 3.63) is 18.2 Å². The minimum Gasteiger partial charge on any atom is -0.338 e. The Morgan fingerprint density at radius 1 is 1.45 bits per heavy atom. The molecule has 1 aromatic rings. The van der Waals surface area contributed by atoms with Crippen LogP contribution in [0.3, 0.4) is 0 Å². The Morgan fingerprint density at radius 2 is 2.25 bits per heavy atom. The van der Waals surface area contributed by atoms with Crippen molar-refractivity contribution in [2.75, 3.05) is 19.6 Å². The summed E-state index contributed by atoms with van der Waals surface area (Å²) in [6.07, 6.45) is 7.48. The summed E-state index contributed by atoms with van der Waals surface area (Å²) in [5.74, 6) is 1.96. The lowest BCUT2D eigenvalue weighted by atomic mass is 9.99. The topological polar surface area (TPSA) is 33.1 Å². The summed E-state index contributed by atoms with van der Waals surface area (Å²) < 4.78 is 2.13. The highest BCUT2D eigenvalue weighted by molar-refractivity contribution is 4.94. The molecule has 114 valence electrons. The molecule has 1 saturated heterocycles. The molecule has 1 aliphatic heterocycles. The second kappa shape index (κ2) is 7.23. The molecule has 1 N–H and O–H groups in total. The van der Waals surface area contributed by atoms with E-state index in [0.717, 1.165) is 25.4 Å². The maximum Gasteiger partial charge on any atom is 0.109 e. The number of aryl methyl sites for hydroxylation is 1. The average molecular weight is 278 g/mol. The molecule has 0 spiro atoms.